The molecule has 27 heavy (non-hydrogen) atoms. The van der Waals surface area contributed by atoms with Gasteiger partial charge < -0.3 is 19.7 Å². The van der Waals surface area contributed by atoms with Crippen molar-refractivity contribution in [2.24, 2.45) is 0 Å². The molecule has 0 radical (unpaired) electrons. The van der Waals surface area contributed by atoms with E-state index in [1.807, 2.05) is 36.4 Å². The molecule has 3 aromatic carbocycles. The van der Waals surface area contributed by atoms with Gasteiger partial charge in [-0.3, -0.25) is 4.98 Å². The number of fused-ring (bicyclic) bond motifs is 3. The van der Waals surface area contributed by atoms with Crippen molar-refractivity contribution >= 4 is 21.5 Å². The van der Waals surface area contributed by atoms with Gasteiger partial charge in [0.1, 0.15) is 11.9 Å². The number of phenolic OH excluding ortho intramolecular Hbond substituents is 1. The molecule has 1 atom stereocenters. The number of pyridine rings is 1. The third-order valence-electron chi connectivity index (χ3n) is 4.74. The van der Waals surface area contributed by atoms with Crippen molar-refractivity contribution in [3.05, 3.63) is 72.1 Å². The molecule has 4 rings (SSSR count). The Hall–Kier alpha value is -3.31. The Morgan fingerprint density at radius 3 is 2.26 bits per heavy atom. The number of benzene rings is 3. The number of methoxy groups -OCH3 is 2. The zero-order valence-corrected chi connectivity index (χ0v) is 15.0. The summed E-state index contributed by atoms with van der Waals surface area (Å²) in [4.78, 5) is 4.29. The first kappa shape index (κ1) is 17.1. The Morgan fingerprint density at radius 1 is 0.852 bits per heavy atom. The topological polar surface area (TPSA) is 71.8 Å². The lowest BCUT2D eigenvalue weighted by atomic mass is 9.92. The molecule has 0 aliphatic carbocycles. The van der Waals surface area contributed by atoms with Crippen LogP contribution in [-0.4, -0.2) is 29.4 Å². The molecule has 1 heterocycles. The molecule has 0 fully saturated rings. The average molecular weight is 361 g/mol. The van der Waals surface area contributed by atoms with Gasteiger partial charge in [-0.1, -0.05) is 12.1 Å². The molecule has 0 saturated carbocycles. The van der Waals surface area contributed by atoms with Crippen molar-refractivity contribution in [1.82, 2.24) is 4.98 Å². The summed E-state index contributed by atoms with van der Waals surface area (Å²) in [7, 11) is 3.15. The van der Waals surface area contributed by atoms with E-state index in [0.29, 0.717) is 22.8 Å². The molecular formula is C22H19NO4. The zero-order chi connectivity index (χ0) is 19.0. The summed E-state index contributed by atoms with van der Waals surface area (Å²) in [5, 5.41) is 24.4. The van der Waals surface area contributed by atoms with E-state index >= 15 is 0 Å². The van der Waals surface area contributed by atoms with Crippen LogP contribution in [0, 0.1) is 0 Å². The van der Waals surface area contributed by atoms with Gasteiger partial charge in [0.15, 0.2) is 11.5 Å². The second-order valence-electron chi connectivity index (χ2n) is 6.28. The van der Waals surface area contributed by atoms with Gasteiger partial charge in [-0.25, -0.2) is 0 Å². The molecule has 0 saturated heterocycles. The fourth-order valence-electron chi connectivity index (χ4n) is 3.41. The largest absolute Gasteiger partial charge is 0.508 e. The summed E-state index contributed by atoms with van der Waals surface area (Å²) in [5.41, 5.74) is 1.27. The minimum Gasteiger partial charge on any atom is -0.508 e. The smallest absolute Gasteiger partial charge is 0.161 e. The van der Waals surface area contributed by atoms with Crippen molar-refractivity contribution in [3.63, 3.8) is 0 Å². The van der Waals surface area contributed by atoms with Gasteiger partial charge in [-0.05, 0) is 69.6 Å². The molecule has 0 bridgehead atoms. The Kier molecular flexibility index (Phi) is 4.30. The van der Waals surface area contributed by atoms with E-state index in [2.05, 4.69) is 4.98 Å². The first-order valence-corrected chi connectivity index (χ1v) is 8.52. The van der Waals surface area contributed by atoms with Crippen LogP contribution in [0.4, 0.5) is 0 Å². The van der Waals surface area contributed by atoms with E-state index in [0.717, 1.165) is 21.5 Å². The Balaban J connectivity index is 2.09. The highest BCUT2D eigenvalue weighted by Gasteiger charge is 2.19. The number of aliphatic hydroxyl groups is 1. The van der Waals surface area contributed by atoms with Gasteiger partial charge in [0, 0.05) is 6.20 Å². The van der Waals surface area contributed by atoms with Crippen LogP contribution in [0.1, 0.15) is 17.4 Å². The summed E-state index contributed by atoms with van der Waals surface area (Å²) in [6.07, 6.45) is 0.758. The monoisotopic (exact) mass is 361 g/mol. The molecule has 0 aliphatic heterocycles. The minimum atomic E-state index is -0.898. The van der Waals surface area contributed by atoms with Crippen molar-refractivity contribution in [3.8, 4) is 17.2 Å². The normalized spacial score (nSPS) is 12.3. The highest BCUT2D eigenvalue weighted by Crippen LogP contribution is 2.41. The number of ether oxygens (including phenoxy) is 2. The Bertz CT molecular complexity index is 1130. The lowest BCUT2D eigenvalue weighted by Gasteiger charge is -2.18. The second kappa shape index (κ2) is 6.78. The van der Waals surface area contributed by atoms with Crippen LogP contribution >= 0.6 is 0 Å². The van der Waals surface area contributed by atoms with Crippen molar-refractivity contribution in [2.45, 2.75) is 6.10 Å². The maximum Gasteiger partial charge on any atom is 0.161 e. The molecule has 0 spiro atoms. The lowest BCUT2D eigenvalue weighted by Crippen LogP contribution is -2.03. The summed E-state index contributed by atoms with van der Waals surface area (Å²) < 4.78 is 10.9. The summed E-state index contributed by atoms with van der Waals surface area (Å²) in [6.45, 7) is 0. The molecule has 1 unspecified atom stereocenters. The molecule has 1 aromatic heterocycles. The maximum absolute atomic E-state index is 11.0. The van der Waals surface area contributed by atoms with Crippen LogP contribution in [0.15, 0.2) is 60.8 Å². The number of nitrogens with zero attached hydrogens (tertiary/aromatic N) is 1. The van der Waals surface area contributed by atoms with E-state index in [1.54, 1.807) is 38.6 Å². The van der Waals surface area contributed by atoms with Gasteiger partial charge in [0.25, 0.3) is 0 Å². The quantitative estimate of drug-likeness (QED) is 0.533. The molecule has 4 aromatic rings. The van der Waals surface area contributed by atoms with E-state index in [1.165, 1.54) is 0 Å². The van der Waals surface area contributed by atoms with E-state index in [9.17, 15) is 10.2 Å². The van der Waals surface area contributed by atoms with Gasteiger partial charge in [-0.2, -0.15) is 0 Å². The number of aliphatic hydroxyl groups excluding tert-OH is 1. The van der Waals surface area contributed by atoms with Gasteiger partial charge in [0.2, 0.25) is 0 Å². The molecular weight excluding hydrogens is 342 g/mol. The van der Waals surface area contributed by atoms with Crippen molar-refractivity contribution in [1.29, 1.82) is 0 Å². The average Bonchev–Trinajstić information content (AvgIpc) is 2.72. The lowest BCUT2D eigenvalue weighted by molar-refractivity contribution is 0.217. The first-order chi connectivity index (χ1) is 13.1. The van der Waals surface area contributed by atoms with Crippen LogP contribution in [-0.2, 0) is 0 Å². The molecule has 0 amide bonds. The molecule has 5 heteroatoms. The van der Waals surface area contributed by atoms with Crippen LogP contribution in [0.25, 0.3) is 21.5 Å². The molecule has 2 N–H and O–H groups in total. The number of phenols is 1. The molecule has 5 nitrogen and oxygen atoms in total. The van der Waals surface area contributed by atoms with E-state index in [-0.39, 0.29) is 5.75 Å². The van der Waals surface area contributed by atoms with Crippen LogP contribution in [0.2, 0.25) is 0 Å². The number of rotatable bonds is 4. The van der Waals surface area contributed by atoms with Gasteiger partial charge in [0.05, 0.1) is 19.9 Å². The highest BCUT2D eigenvalue weighted by molar-refractivity contribution is 6.10. The highest BCUT2D eigenvalue weighted by atomic mass is 16.5. The molecule has 0 aliphatic rings. The maximum atomic E-state index is 11.0. The summed E-state index contributed by atoms with van der Waals surface area (Å²) >= 11 is 0. The number of aromatic hydroxyl groups is 1. The number of aromatic nitrogens is 1. The zero-order valence-electron chi connectivity index (χ0n) is 15.0. The number of hydrogen-bond acceptors (Lipinski definition) is 5. The SMILES string of the molecule is COc1cc2c(C(O)c3ccccn3)cc3ccc(O)cc3c2cc1OC. The predicted octanol–water partition coefficient (Wildman–Crippen LogP) is 4.19. The minimum absolute atomic E-state index is 0.177. The van der Waals surface area contributed by atoms with E-state index in [4.69, 9.17) is 9.47 Å². The van der Waals surface area contributed by atoms with E-state index < -0.39 is 6.10 Å². The Labute approximate surface area is 156 Å². The third-order valence-corrected chi connectivity index (χ3v) is 4.74. The van der Waals surface area contributed by atoms with Gasteiger partial charge in [-0.15, -0.1) is 0 Å². The van der Waals surface area contributed by atoms with Crippen LogP contribution in [0.5, 0.6) is 17.2 Å². The van der Waals surface area contributed by atoms with Crippen LogP contribution < -0.4 is 9.47 Å². The fraction of sp³-hybridized carbons (Fsp3) is 0.136. The third kappa shape index (κ3) is 2.92. The van der Waals surface area contributed by atoms with Gasteiger partial charge >= 0.3 is 0 Å². The standard InChI is InChI=1S/C22H19NO4/c1-26-20-11-16-15-10-14(24)7-6-13(15)9-18(17(16)12-21(20)27-2)22(25)19-5-3-4-8-23-19/h3-12,22,24-25H,1-2H3. The van der Waals surface area contributed by atoms with Crippen LogP contribution in [0.3, 0.4) is 0 Å². The van der Waals surface area contributed by atoms with Crippen molar-refractivity contribution in [2.75, 3.05) is 14.2 Å². The predicted molar refractivity (Wildman–Crippen MR) is 105 cm³/mol. The van der Waals surface area contributed by atoms with Crippen molar-refractivity contribution < 1.29 is 19.7 Å². The Morgan fingerprint density at radius 2 is 1.59 bits per heavy atom. The second-order valence-corrected chi connectivity index (χ2v) is 6.28. The number of hydrogen-bond donors (Lipinski definition) is 2. The fourth-order valence-corrected chi connectivity index (χ4v) is 3.41. The summed E-state index contributed by atoms with van der Waals surface area (Å²) in [5.74, 6) is 1.33. The first-order valence-electron chi connectivity index (χ1n) is 8.52. The molecule has 136 valence electrons. The summed E-state index contributed by atoms with van der Waals surface area (Å²) in [6, 6.07) is 16.2.